The number of amides is 1. The van der Waals surface area contributed by atoms with Crippen molar-refractivity contribution < 1.29 is 9.21 Å². The van der Waals surface area contributed by atoms with Gasteiger partial charge in [0.25, 0.3) is 0 Å². The van der Waals surface area contributed by atoms with Crippen molar-refractivity contribution in [3.8, 4) is 0 Å². The van der Waals surface area contributed by atoms with Crippen molar-refractivity contribution >= 4 is 39.7 Å². The smallest absolute Gasteiger partial charge is 0.220 e. The fourth-order valence-electron chi connectivity index (χ4n) is 4.29. The van der Waals surface area contributed by atoms with Crippen molar-refractivity contribution in [1.82, 2.24) is 25.1 Å². The Morgan fingerprint density at radius 3 is 2.59 bits per heavy atom. The number of nitrogens with zero attached hydrogens (tertiary/aromatic N) is 4. The summed E-state index contributed by atoms with van der Waals surface area (Å²) in [5, 5.41) is 13.5. The van der Waals surface area contributed by atoms with Crippen molar-refractivity contribution in [2.45, 2.75) is 57.3 Å². The van der Waals surface area contributed by atoms with Gasteiger partial charge in [-0.25, -0.2) is 4.98 Å². The number of thioether (sulfide) groups is 1. The molecule has 0 fully saturated rings. The number of para-hydroxylation sites is 1. The van der Waals surface area contributed by atoms with Gasteiger partial charge in [-0.1, -0.05) is 75.0 Å². The molecule has 0 aliphatic carbocycles. The Balaban J connectivity index is 1.29. The highest BCUT2D eigenvalue weighted by Gasteiger charge is 2.17. The van der Waals surface area contributed by atoms with Crippen LogP contribution < -0.4 is 5.32 Å². The predicted molar refractivity (Wildman–Crippen MR) is 148 cm³/mol. The van der Waals surface area contributed by atoms with Crippen LogP contribution >= 0.6 is 11.8 Å². The van der Waals surface area contributed by atoms with E-state index >= 15 is 0 Å². The zero-order valence-corrected chi connectivity index (χ0v) is 22.2. The van der Waals surface area contributed by atoms with Gasteiger partial charge < -0.3 is 14.3 Å². The molecule has 0 saturated carbocycles. The van der Waals surface area contributed by atoms with E-state index in [2.05, 4.69) is 77.3 Å². The number of rotatable bonds is 9. The van der Waals surface area contributed by atoms with Gasteiger partial charge in [-0.3, -0.25) is 4.79 Å². The lowest BCUT2D eigenvalue weighted by molar-refractivity contribution is -0.121. The van der Waals surface area contributed by atoms with Crippen molar-refractivity contribution in [2.75, 3.05) is 5.75 Å². The van der Waals surface area contributed by atoms with Gasteiger partial charge in [0.05, 0.1) is 18.3 Å². The van der Waals surface area contributed by atoms with Gasteiger partial charge in [-0.2, -0.15) is 0 Å². The highest BCUT2D eigenvalue weighted by atomic mass is 32.2. The zero-order chi connectivity index (χ0) is 25.8. The molecule has 7 nitrogen and oxygen atoms in total. The molecule has 0 saturated heterocycles. The third-order valence-electron chi connectivity index (χ3n) is 6.33. The lowest BCUT2D eigenvalue weighted by Crippen LogP contribution is -2.22. The Labute approximate surface area is 220 Å². The number of aromatic nitrogens is 4. The summed E-state index contributed by atoms with van der Waals surface area (Å²) >= 11 is 1.53. The van der Waals surface area contributed by atoms with Crippen LogP contribution in [0.15, 0.2) is 76.5 Å². The summed E-state index contributed by atoms with van der Waals surface area (Å²) in [6, 6.07) is 20.7. The van der Waals surface area contributed by atoms with Crippen LogP contribution in [0.2, 0.25) is 0 Å². The normalized spacial score (nSPS) is 11.9. The molecule has 0 atom stereocenters. The summed E-state index contributed by atoms with van der Waals surface area (Å²) in [4.78, 5) is 17.0. The molecule has 2 aromatic carbocycles. The molecule has 0 bridgehead atoms. The molecule has 0 radical (unpaired) electrons. The van der Waals surface area contributed by atoms with Gasteiger partial charge in [-0.15, -0.1) is 10.2 Å². The molecule has 5 rings (SSSR count). The Hall–Kier alpha value is -3.65. The summed E-state index contributed by atoms with van der Waals surface area (Å²) in [6.07, 6.45) is 2.76. The largest absolute Gasteiger partial charge is 0.467 e. The average molecular weight is 514 g/mol. The van der Waals surface area contributed by atoms with E-state index in [0.717, 1.165) is 40.0 Å². The first-order chi connectivity index (χ1) is 17.9. The second kappa shape index (κ2) is 10.8. The zero-order valence-electron chi connectivity index (χ0n) is 21.4. The van der Waals surface area contributed by atoms with Gasteiger partial charge in [0.1, 0.15) is 11.3 Å². The molecule has 0 aliphatic rings. The fourth-order valence-corrected chi connectivity index (χ4v) is 5.01. The topological polar surface area (TPSA) is 85.8 Å². The monoisotopic (exact) mass is 513 g/mol. The number of benzene rings is 2. The van der Waals surface area contributed by atoms with E-state index in [1.165, 1.54) is 22.9 Å². The third-order valence-corrected chi connectivity index (χ3v) is 7.26. The molecule has 0 unspecified atom stereocenters. The van der Waals surface area contributed by atoms with Crippen LogP contribution in [0.25, 0.3) is 22.1 Å². The standard InChI is InChI=1S/C29H31N5O2S/c1-29(2,3)21-14-12-20(13-15-21)19-34-24-10-5-4-9-23(24)26-27(34)31-28(33-32-26)37-17-7-11-25(35)30-18-22-8-6-16-36-22/h4-6,8-10,12-16H,7,11,17-19H2,1-3H3,(H,30,35). The molecule has 5 aromatic rings. The van der Waals surface area contributed by atoms with Crippen LogP contribution in [0.3, 0.4) is 0 Å². The van der Waals surface area contributed by atoms with Crippen LogP contribution in [-0.2, 0) is 23.3 Å². The first kappa shape index (κ1) is 25.0. The number of carbonyl (C=O) groups is 1. The second-order valence-corrected chi connectivity index (χ2v) is 11.2. The van der Waals surface area contributed by atoms with Crippen LogP contribution in [0.5, 0.6) is 0 Å². The van der Waals surface area contributed by atoms with Gasteiger partial charge in [-0.05, 0) is 41.2 Å². The quantitative estimate of drug-likeness (QED) is 0.189. The van der Waals surface area contributed by atoms with Gasteiger partial charge >= 0.3 is 0 Å². The van der Waals surface area contributed by atoms with E-state index in [4.69, 9.17) is 9.40 Å². The molecule has 1 amide bonds. The summed E-state index contributed by atoms with van der Waals surface area (Å²) in [5.41, 5.74) is 5.38. The molecule has 8 heteroatoms. The van der Waals surface area contributed by atoms with Crippen LogP contribution in [0.4, 0.5) is 0 Å². The second-order valence-electron chi connectivity index (χ2n) is 10.1. The molecule has 3 aromatic heterocycles. The van der Waals surface area contributed by atoms with Crippen LogP contribution in [0, 0.1) is 0 Å². The van der Waals surface area contributed by atoms with E-state index in [-0.39, 0.29) is 11.3 Å². The Morgan fingerprint density at radius 1 is 1.03 bits per heavy atom. The van der Waals surface area contributed by atoms with Crippen molar-refractivity contribution in [2.24, 2.45) is 0 Å². The minimum atomic E-state index is 0.00380. The molecule has 1 N–H and O–H groups in total. The van der Waals surface area contributed by atoms with Crippen LogP contribution in [0.1, 0.15) is 50.5 Å². The van der Waals surface area contributed by atoms with Crippen molar-refractivity contribution in [1.29, 1.82) is 0 Å². The average Bonchev–Trinajstić information content (AvgIpc) is 3.52. The molecule has 37 heavy (non-hydrogen) atoms. The number of fused-ring (bicyclic) bond motifs is 3. The first-order valence-electron chi connectivity index (χ1n) is 12.5. The van der Waals surface area contributed by atoms with Crippen LogP contribution in [-0.4, -0.2) is 31.4 Å². The lowest BCUT2D eigenvalue weighted by atomic mass is 9.87. The Kier molecular flexibility index (Phi) is 7.28. The molecule has 0 spiro atoms. The highest BCUT2D eigenvalue weighted by molar-refractivity contribution is 7.99. The first-order valence-corrected chi connectivity index (χ1v) is 13.5. The van der Waals surface area contributed by atoms with Crippen molar-refractivity contribution in [3.63, 3.8) is 0 Å². The van der Waals surface area contributed by atoms with E-state index < -0.39 is 0 Å². The van der Waals surface area contributed by atoms with E-state index in [1.54, 1.807) is 6.26 Å². The Morgan fingerprint density at radius 2 is 1.84 bits per heavy atom. The highest BCUT2D eigenvalue weighted by Crippen LogP contribution is 2.29. The summed E-state index contributed by atoms with van der Waals surface area (Å²) in [5.74, 6) is 1.48. The van der Waals surface area contributed by atoms with E-state index in [9.17, 15) is 4.79 Å². The maximum atomic E-state index is 12.1. The Bertz CT molecular complexity index is 1500. The number of furan rings is 1. The number of carbonyl (C=O) groups excluding carboxylic acids is 1. The molecule has 3 heterocycles. The van der Waals surface area contributed by atoms with Crippen molar-refractivity contribution in [3.05, 3.63) is 83.8 Å². The molecule has 0 aliphatic heterocycles. The minimum absolute atomic E-state index is 0.00380. The number of nitrogens with one attached hydrogen (secondary N) is 1. The maximum absolute atomic E-state index is 12.1. The summed E-state index contributed by atoms with van der Waals surface area (Å²) < 4.78 is 7.47. The molecular formula is C29H31N5O2S. The maximum Gasteiger partial charge on any atom is 0.220 e. The number of hydrogen-bond acceptors (Lipinski definition) is 6. The number of hydrogen-bond donors (Lipinski definition) is 1. The predicted octanol–water partition coefficient (Wildman–Crippen LogP) is 6.11. The summed E-state index contributed by atoms with van der Waals surface area (Å²) in [7, 11) is 0. The van der Waals surface area contributed by atoms with Gasteiger partial charge in [0.2, 0.25) is 11.1 Å². The SMILES string of the molecule is CC(C)(C)c1ccc(Cn2c3ccccc3c3nnc(SCCCC(=O)NCc4ccco4)nc32)cc1. The fraction of sp³-hybridized carbons (Fsp3) is 0.310. The lowest BCUT2D eigenvalue weighted by Gasteiger charge is -2.19. The third kappa shape index (κ3) is 5.85. The minimum Gasteiger partial charge on any atom is -0.467 e. The van der Waals surface area contributed by atoms with Gasteiger partial charge in [0, 0.05) is 24.1 Å². The molecular weight excluding hydrogens is 482 g/mol. The van der Waals surface area contributed by atoms with E-state index in [0.29, 0.717) is 24.7 Å². The summed E-state index contributed by atoms with van der Waals surface area (Å²) in [6.45, 7) is 7.79. The molecule has 190 valence electrons. The van der Waals surface area contributed by atoms with E-state index in [1.807, 2.05) is 24.3 Å². The van der Waals surface area contributed by atoms with Gasteiger partial charge in [0.15, 0.2) is 5.65 Å².